The molecular formula is C26H28N6O3. The van der Waals surface area contributed by atoms with Crippen LogP contribution in [0.25, 0.3) is 10.9 Å². The zero-order valence-electron chi connectivity index (χ0n) is 19.7. The Kier molecular flexibility index (Phi) is 6.14. The SMILES string of the molecule is CC(=O)Nc1ccc2c([C@@H](C(=O)O)N3CCN(c4nc5c(cc4C#N)CCCC5)CC3)c[nH]c2c1. The maximum atomic E-state index is 12.4. The maximum Gasteiger partial charge on any atom is 0.325 e. The highest BCUT2D eigenvalue weighted by molar-refractivity contribution is 5.94. The summed E-state index contributed by atoms with van der Waals surface area (Å²) in [4.78, 5) is 35.8. The molecule has 5 rings (SSSR count). The summed E-state index contributed by atoms with van der Waals surface area (Å²) in [7, 11) is 0. The van der Waals surface area contributed by atoms with Crippen LogP contribution in [-0.4, -0.2) is 58.0 Å². The number of nitrogens with one attached hydrogen (secondary N) is 2. The third-order valence-corrected chi connectivity index (χ3v) is 6.94. The number of nitrogens with zero attached hydrogens (tertiary/aromatic N) is 4. The van der Waals surface area contributed by atoms with Gasteiger partial charge < -0.3 is 20.3 Å². The fourth-order valence-electron chi connectivity index (χ4n) is 5.28. The number of fused-ring (bicyclic) bond motifs is 2. The van der Waals surface area contributed by atoms with Gasteiger partial charge in [-0.05, 0) is 49.4 Å². The smallest absolute Gasteiger partial charge is 0.325 e. The third kappa shape index (κ3) is 4.45. The first-order chi connectivity index (χ1) is 16.9. The summed E-state index contributed by atoms with van der Waals surface area (Å²) in [6, 6.07) is 8.93. The predicted octanol–water partition coefficient (Wildman–Crippen LogP) is 3.22. The van der Waals surface area contributed by atoms with Crippen molar-refractivity contribution in [3.05, 3.63) is 52.8 Å². The van der Waals surface area contributed by atoms with Gasteiger partial charge in [-0.25, -0.2) is 4.98 Å². The van der Waals surface area contributed by atoms with Crippen molar-refractivity contribution in [1.82, 2.24) is 14.9 Å². The van der Waals surface area contributed by atoms with Crippen molar-refractivity contribution < 1.29 is 14.7 Å². The summed E-state index contributed by atoms with van der Waals surface area (Å²) in [6.07, 6.45) is 5.92. The molecule has 9 heteroatoms. The van der Waals surface area contributed by atoms with E-state index in [1.54, 1.807) is 12.3 Å². The van der Waals surface area contributed by atoms with Gasteiger partial charge in [-0.1, -0.05) is 6.07 Å². The number of aliphatic carboxylic acids is 1. The summed E-state index contributed by atoms with van der Waals surface area (Å²) in [5.41, 5.74) is 4.99. The second-order valence-corrected chi connectivity index (χ2v) is 9.23. The zero-order chi connectivity index (χ0) is 24.5. The van der Waals surface area contributed by atoms with Gasteiger partial charge in [0.1, 0.15) is 17.9 Å². The van der Waals surface area contributed by atoms with Crippen molar-refractivity contribution >= 4 is 34.3 Å². The average molecular weight is 473 g/mol. The Morgan fingerprint density at radius 3 is 2.66 bits per heavy atom. The number of carbonyl (C=O) groups excluding carboxylic acids is 1. The van der Waals surface area contributed by atoms with Gasteiger partial charge in [0.15, 0.2) is 0 Å². The van der Waals surface area contributed by atoms with E-state index in [0.29, 0.717) is 43.0 Å². The fraction of sp³-hybridized carbons (Fsp3) is 0.385. The first-order valence-corrected chi connectivity index (χ1v) is 12.0. The van der Waals surface area contributed by atoms with Crippen molar-refractivity contribution in [2.45, 2.75) is 38.6 Å². The number of hydrogen-bond acceptors (Lipinski definition) is 6. The van der Waals surface area contributed by atoms with E-state index < -0.39 is 12.0 Å². The lowest BCUT2D eigenvalue weighted by molar-refractivity contribution is -0.143. The zero-order valence-corrected chi connectivity index (χ0v) is 19.7. The molecule has 3 heterocycles. The fourth-order valence-corrected chi connectivity index (χ4v) is 5.28. The molecule has 9 nitrogen and oxygen atoms in total. The van der Waals surface area contributed by atoms with Gasteiger partial charge in [-0.3, -0.25) is 14.5 Å². The molecule has 35 heavy (non-hydrogen) atoms. The predicted molar refractivity (Wildman–Crippen MR) is 132 cm³/mol. The Bertz CT molecular complexity index is 1330. The molecule has 180 valence electrons. The molecule has 1 aliphatic heterocycles. The highest BCUT2D eigenvalue weighted by atomic mass is 16.4. The Labute approximate surface area is 203 Å². The number of carboxylic acids is 1. The van der Waals surface area contributed by atoms with Crippen LogP contribution >= 0.6 is 0 Å². The molecule has 2 aromatic heterocycles. The maximum absolute atomic E-state index is 12.4. The van der Waals surface area contributed by atoms with Crippen LogP contribution < -0.4 is 10.2 Å². The van der Waals surface area contributed by atoms with Crippen LogP contribution in [0.4, 0.5) is 11.5 Å². The molecule has 3 N–H and O–H groups in total. The number of H-pyrrole nitrogens is 1. The molecule has 1 amide bonds. The van der Waals surface area contributed by atoms with Crippen molar-refractivity contribution in [1.29, 1.82) is 5.26 Å². The number of nitriles is 1. The van der Waals surface area contributed by atoms with Crippen molar-refractivity contribution in [2.75, 3.05) is 36.4 Å². The molecule has 0 spiro atoms. The Balaban J connectivity index is 1.37. The van der Waals surface area contributed by atoms with Crippen LogP contribution in [0.5, 0.6) is 0 Å². The second-order valence-electron chi connectivity index (χ2n) is 9.23. The lowest BCUT2D eigenvalue weighted by atomic mass is 9.94. The second kappa shape index (κ2) is 9.39. The van der Waals surface area contributed by atoms with Gasteiger partial charge >= 0.3 is 5.97 Å². The third-order valence-electron chi connectivity index (χ3n) is 6.94. The molecule has 0 unspecified atom stereocenters. The molecule has 1 aromatic carbocycles. The van der Waals surface area contributed by atoms with E-state index in [-0.39, 0.29) is 5.91 Å². The average Bonchev–Trinajstić information content (AvgIpc) is 3.26. The van der Waals surface area contributed by atoms with Crippen LogP contribution in [0.15, 0.2) is 30.5 Å². The Morgan fingerprint density at radius 2 is 1.94 bits per heavy atom. The number of carboxylic acid groups (broad SMARTS) is 1. The van der Waals surface area contributed by atoms with Crippen molar-refractivity contribution in [3.8, 4) is 6.07 Å². The van der Waals surface area contributed by atoms with E-state index in [2.05, 4.69) is 21.3 Å². The number of aromatic amines is 1. The number of carbonyl (C=O) groups is 2. The quantitative estimate of drug-likeness (QED) is 0.521. The molecule has 3 aromatic rings. The first-order valence-electron chi connectivity index (χ1n) is 12.0. The molecule has 0 radical (unpaired) electrons. The summed E-state index contributed by atoms with van der Waals surface area (Å²) in [5, 5.41) is 23.4. The monoisotopic (exact) mass is 472 g/mol. The lowest BCUT2D eigenvalue weighted by Crippen LogP contribution is -2.49. The number of hydrogen-bond donors (Lipinski definition) is 3. The van der Waals surface area contributed by atoms with Crippen LogP contribution in [0.2, 0.25) is 0 Å². The largest absolute Gasteiger partial charge is 0.480 e. The number of pyridine rings is 1. The van der Waals surface area contributed by atoms with E-state index in [9.17, 15) is 20.0 Å². The number of anilines is 2. The molecule has 1 aliphatic carbocycles. The number of piperazine rings is 1. The summed E-state index contributed by atoms with van der Waals surface area (Å²) >= 11 is 0. The van der Waals surface area contributed by atoms with E-state index in [4.69, 9.17) is 4.98 Å². The van der Waals surface area contributed by atoms with Crippen LogP contribution in [0.3, 0.4) is 0 Å². The van der Waals surface area contributed by atoms with Crippen molar-refractivity contribution in [2.24, 2.45) is 0 Å². The van der Waals surface area contributed by atoms with Gasteiger partial charge in [-0.15, -0.1) is 0 Å². The summed E-state index contributed by atoms with van der Waals surface area (Å²) in [6.45, 7) is 3.72. The topological polar surface area (TPSA) is 125 Å². The first kappa shape index (κ1) is 22.9. The van der Waals surface area contributed by atoms with E-state index in [1.807, 2.05) is 23.1 Å². The Hall–Kier alpha value is -3.90. The number of aromatic nitrogens is 2. The molecule has 0 bridgehead atoms. The normalized spacial score (nSPS) is 17.0. The van der Waals surface area contributed by atoms with Crippen molar-refractivity contribution in [3.63, 3.8) is 0 Å². The lowest BCUT2D eigenvalue weighted by Gasteiger charge is -2.38. The van der Waals surface area contributed by atoms with Gasteiger partial charge in [0, 0.05) is 67.1 Å². The minimum atomic E-state index is -0.907. The minimum absolute atomic E-state index is 0.162. The van der Waals surface area contributed by atoms with E-state index >= 15 is 0 Å². The molecule has 1 fully saturated rings. The molecule has 1 saturated heterocycles. The highest BCUT2D eigenvalue weighted by Crippen LogP contribution is 2.32. The van der Waals surface area contributed by atoms with E-state index in [1.165, 1.54) is 12.5 Å². The number of rotatable bonds is 5. The minimum Gasteiger partial charge on any atom is -0.480 e. The number of amides is 1. The summed E-state index contributed by atoms with van der Waals surface area (Å²) in [5.74, 6) is -0.349. The van der Waals surface area contributed by atoms with Crippen LogP contribution in [-0.2, 0) is 22.4 Å². The number of aryl methyl sites for hydroxylation is 2. The number of benzene rings is 1. The van der Waals surface area contributed by atoms with Crippen LogP contribution in [0.1, 0.15) is 48.2 Å². The molecule has 1 atom stereocenters. The molecule has 0 saturated carbocycles. The van der Waals surface area contributed by atoms with Gasteiger partial charge in [0.05, 0.1) is 5.56 Å². The van der Waals surface area contributed by atoms with Gasteiger partial charge in [-0.2, -0.15) is 5.26 Å². The molecular weight excluding hydrogens is 444 g/mol. The standard InChI is InChI=1S/C26H28N6O3/c1-16(33)29-19-6-7-20-21(15-28-23(20)13-19)24(26(34)35)31-8-10-32(11-9-31)25-18(14-27)12-17-4-2-3-5-22(17)30-25/h6-7,12-13,15,24,28H,2-5,8-11H2,1H3,(H,29,33)(H,34,35)/t24-/m0/s1. The van der Waals surface area contributed by atoms with E-state index in [0.717, 1.165) is 48.1 Å². The Morgan fingerprint density at radius 1 is 1.17 bits per heavy atom. The highest BCUT2D eigenvalue weighted by Gasteiger charge is 2.33. The summed E-state index contributed by atoms with van der Waals surface area (Å²) < 4.78 is 0. The van der Waals surface area contributed by atoms with Crippen LogP contribution in [0, 0.1) is 11.3 Å². The van der Waals surface area contributed by atoms with Gasteiger partial charge in [0.25, 0.3) is 0 Å². The van der Waals surface area contributed by atoms with Gasteiger partial charge in [0.2, 0.25) is 5.91 Å². The molecule has 2 aliphatic rings.